The molecule has 0 atom stereocenters. The molecule has 1 heterocycles. The van der Waals surface area contributed by atoms with Gasteiger partial charge in [0.2, 0.25) is 0 Å². The summed E-state index contributed by atoms with van der Waals surface area (Å²) in [6, 6.07) is 23.8. The van der Waals surface area contributed by atoms with Gasteiger partial charge in [0.05, 0.1) is 22.4 Å². The van der Waals surface area contributed by atoms with Crippen molar-refractivity contribution in [3.8, 4) is 22.5 Å². The van der Waals surface area contributed by atoms with Gasteiger partial charge in [0.15, 0.2) is 0 Å². The summed E-state index contributed by atoms with van der Waals surface area (Å²) in [5.41, 5.74) is 4.35. The second-order valence-corrected chi connectivity index (χ2v) is 10.4. The summed E-state index contributed by atoms with van der Waals surface area (Å²) in [7, 11) is -4.38. The van der Waals surface area contributed by atoms with E-state index in [0.717, 1.165) is 25.8 Å². The van der Waals surface area contributed by atoms with Crippen molar-refractivity contribution in [3.63, 3.8) is 0 Å². The number of nitrogens with zero attached hydrogens (tertiary/aromatic N) is 2. The van der Waals surface area contributed by atoms with Crippen molar-refractivity contribution in [1.82, 2.24) is 9.97 Å². The molecular weight excluding hydrogens is 579 g/mol. The van der Waals surface area contributed by atoms with Crippen molar-refractivity contribution in [1.29, 1.82) is 0 Å². The third kappa shape index (κ3) is 4.93. The predicted molar refractivity (Wildman–Crippen MR) is 134 cm³/mol. The van der Waals surface area contributed by atoms with Crippen LogP contribution in [0.15, 0.2) is 92.7 Å². The normalized spacial score (nSPS) is 11.5. The van der Waals surface area contributed by atoms with Crippen LogP contribution in [-0.4, -0.2) is 22.9 Å². The SMILES string of the molecule is O=S(=O)(O)c1cccc2cc3nc(-c4ccc(Br)cc4)c(-c4ccc(Br)cc4)nc3cc12.[H-].[Na+]. The molecule has 9 heteroatoms. The third-order valence-corrected chi connectivity index (χ3v) is 7.11. The molecule has 33 heavy (non-hydrogen) atoms. The van der Waals surface area contributed by atoms with E-state index in [2.05, 4.69) is 31.9 Å². The van der Waals surface area contributed by atoms with Crippen molar-refractivity contribution in [2.75, 3.05) is 0 Å². The standard InChI is InChI=1S/C24H14Br2N2O3S.Na.H/c25-17-8-4-14(5-9-17)23-24(15-6-10-18(26)11-7-15)28-21-13-19-16(12-20(21)27-23)2-1-3-22(19)32(29,30)31;;/h1-13H,(H,29,30,31);;/q;+1;-1. The van der Waals surface area contributed by atoms with Crippen LogP contribution in [-0.2, 0) is 10.1 Å². The molecule has 0 saturated heterocycles. The number of benzene rings is 4. The van der Waals surface area contributed by atoms with E-state index in [9.17, 15) is 13.0 Å². The van der Waals surface area contributed by atoms with E-state index in [1.54, 1.807) is 24.3 Å². The van der Waals surface area contributed by atoms with Gasteiger partial charge >= 0.3 is 29.6 Å². The Morgan fingerprint density at radius 3 is 1.70 bits per heavy atom. The molecule has 160 valence electrons. The molecule has 1 aromatic heterocycles. The maximum atomic E-state index is 11.9. The summed E-state index contributed by atoms with van der Waals surface area (Å²) >= 11 is 6.93. The number of aromatic nitrogens is 2. The maximum Gasteiger partial charge on any atom is 1.00 e. The van der Waals surface area contributed by atoms with E-state index in [-0.39, 0.29) is 35.9 Å². The largest absolute Gasteiger partial charge is 1.00 e. The number of rotatable bonds is 3. The molecule has 0 aliphatic rings. The van der Waals surface area contributed by atoms with Gasteiger partial charge in [-0.3, -0.25) is 4.55 Å². The fourth-order valence-electron chi connectivity index (χ4n) is 3.64. The first-order valence-electron chi connectivity index (χ1n) is 9.53. The molecule has 5 nitrogen and oxygen atoms in total. The second-order valence-electron chi connectivity index (χ2n) is 7.23. The fourth-order valence-corrected chi connectivity index (χ4v) is 4.88. The van der Waals surface area contributed by atoms with Crippen molar-refractivity contribution in [2.45, 2.75) is 4.90 Å². The van der Waals surface area contributed by atoms with Crippen LogP contribution in [0.5, 0.6) is 0 Å². The van der Waals surface area contributed by atoms with E-state index in [1.807, 2.05) is 48.5 Å². The summed E-state index contributed by atoms with van der Waals surface area (Å²) in [5, 5.41) is 1.05. The van der Waals surface area contributed by atoms with Crippen LogP contribution in [0.4, 0.5) is 0 Å². The van der Waals surface area contributed by atoms with Gasteiger partial charge in [-0.05, 0) is 47.9 Å². The van der Waals surface area contributed by atoms with Crippen LogP contribution < -0.4 is 29.6 Å². The Bertz CT molecular complexity index is 1610. The first kappa shape index (κ1) is 24.5. The molecule has 5 rings (SSSR count). The molecule has 0 fully saturated rings. The molecular formula is C24H15Br2N2NaO3S. The maximum absolute atomic E-state index is 11.9. The van der Waals surface area contributed by atoms with Crippen LogP contribution >= 0.6 is 31.9 Å². The second kappa shape index (κ2) is 9.54. The van der Waals surface area contributed by atoms with Gasteiger partial charge in [0.25, 0.3) is 10.1 Å². The minimum atomic E-state index is -4.38. The van der Waals surface area contributed by atoms with Crippen molar-refractivity contribution < 1.29 is 44.0 Å². The Morgan fingerprint density at radius 1 is 0.727 bits per heavy atom. The quantitative estimate of drug-likeness (QED) is 0.194. The zero-order chi connectivity index (χ0) is 22.5. The average Bonchev–Trinajstić information content (AvgIpc) is 2.77. The minimum Gasteiger partial charge on any atom is -1.00 e. The summed E-state index contributed by atoms with van der Waals surface area (Å²) < 4.78 is 35.3. The zero-order valence-electron chi connectivity index (χ0n) is 18.3. The Hall–Kier alpha value is -1.65. The molecule has 5 aromatic rings. The molecule has 0 bridgehead atoms. The smallest absolute Gasteiger partial charge is 1.00 e. The fraction of sp³-hybridized carbons (Fsp3) is 0. The van der Waals surface area contributed by atoms with E-state index in [0.29, 0.717) is 27.5 Å². The van der Waals surface area contributed by atoms with Gasteiger partial charge in [-0.25, -0.2) is 9.97 Å². The molecule has 1 N–H and O–H groups in total. The molecule has 0 aliphatic heterocycles. The Balaban J connectivity index is 0.00000162. The Morgan fingerprint density at radius 2 is 1.21 bits per heavy atom. The van der Waals surface area contributed by atoms with Crippen LogP contribution in [0.1, 0.15) is 1.43 Å². The van der Waals surface area contributed by atoms with Crippen molar-refractivity contribution in [2.24, 2.45) is 0 Å². The number of halogens is 2. The summed E-state index contributed by atoms with van der Waals surface area (Å²) in [5.74, 6) is 0. The van der Waals surface area contributed by atoms with Crippen molar-refractivity contribution in [3.05, 3.63) is 87.8 Å². The molecule has 4 aromatic carbocycles. The van der Waals surface area contributed by atoms with Gasteiger partial charge in [0.1, 0.15) is 4.90 Å². The van der Waals surface area contributed by atoms with E-state index >= 15 is 0 Å². The minimum absolute atomic E-state index is 0. The van der Waals surface area contributed by atoms with Crippen LogP contribution in [0, 0.1) is 0 Å². The van der Waals surface area contributed by atoms with Crippen LogP contribution in [0.2, 0.25) is 0 Å². The van der Waals surface area contributed by atoms with Crippen LogP contribution in [0.25, 0.3) is 44.3 Å². The summed E-state index contributed by atoms with van der Waals surface area (Å²) in [4.78, 5) is 9.64. The van der Waals surface area contributed by atoms with E-state index in [1.165, 1.54) is 6.07 Å². The molecule has 0 amide bonds. The molecule has 0 saturated carbocycles. The molecule has 0 unspecified atom stereocenters. The number of fused-ring (bicyclic) bond motifs is 2. The average molecular weight is 594 g/mol. The van der Waals surface area contributed by atoms with Gasteiger partial charge in [0, 0.05) is 25.5 Å². The van der Waals surface area contributed by atoms with Gasteiger partial charge in [-0.1, -0.05) is 68.3 Å². The van der Waals surface area contributed by atoms with Crippen molar-refractivity contribution >= 4 is 63.8 Å². The predicted octanol–water partition coefficient (Wildman–Crippen LogP) is 4.01. The first-order valence-corrected chi connectivity index (χ1v) is 12.6. The molecule has 0 aliphatic carbocycles. The topological polar surface area (TPSA) is 80.2 Å². The summed E-state index contributed by atoms with van der Waals surface area (Å²) in [6.45, 7) is 0. The summed E-state index contributed by atoms with van der Waals surface area (Å²) in [6.07, 6.45) is 0. The van der Waals surface area contributed by atoms with E-state index < -0.39 is 10.1 Å². The Labute approximate surface area is 231 Å². The van der Waals surface area contributed by atoms with Gasteiger partial charge < -0.3 is 1.43 Å². The number of hydrogen-bond donors (Lipinski definition) is 1. The monoisotopic (exact) mass is 592 g/mol. The number of hydrogen-bond acceptors (Lipinski definition) is 4. The third-order valence-electron chi connectivity index (χ3n) is 5.14. The van der Waals surface area contributed by atoms with Crippen LogP contribution in [0.3, 0.4) is 0 Å². The van der Waals surface area contributed by atoms with Gasteiger partial charge in [-0.15, -0.1) is 0 Å². The van der Waals surface area contributed by atoms with E-state index in [4.69, 9.17) is 9.97 Å². The first-order chi connectivity index (χ1) is 15.3. The zero-order valence-corrected chi connectivity index (χ0v) is 23.3. The Kier molecular flexibility index (Phi) is 7.08. The van der Waals surface area contributed by atoms with Gasteiger partial charge in [-0.2, -0.15) is 8.42 Å². The molecule has 0 radical (unpaired) electrons. The molecule has 0 spiro atoms.